The predicted molar refractivity (Wildman–Crippen MR) is 72.8 cm³/mol. The van der Waals surface area contributed by atoms with Crippen molar-refractivity contribution in [1.82, 2.24) is 9.78 Å². The van der Waals surface area contributed by atoms with Crippen LogP contribution in [-0.4, -0.2) is 20.9 Å². The molecular weight excluding hydrogens is 259 g/mol. The molecule has 0 saturated carbocycles. The van der Waals surface area contributed by atoms with Gasteiger partial charge in [0.25, 0.3) is 0 Å². The normalized spacial score (nSPS) is 12.3. The van der Waals surface area contributed by atoms with Gasteiger partial charge >= 0.3 is 5.97 Å². The van der Waals surface area contributed by atoms with Crippen LogP contribution in [0.5, 0.6) is 0 Å². The minimum atomic E-state index is -0.892. The minimum Gasteiger partial charge on any atom is -0.481 e. The summed E-state index contributed by atoms with van der Waals surface area (Å²) in [7, 11) is 1.82. The van der Waals surface area contributed by atoms with Gasteiger partial charge in [0.1, 0.15) is 5.82 Å². The molecule has 1 atom stereocenters. The molecule has 0 aliphatic heterocycles. The van der Waals surface area contributed by atoms with Gasteiger partial charge in [-0.05, 0) is 36.5 Å². The number of rotatable bonds is 6. The Hall–Kier alpha value is -2.17. The number of hydrogen-bond donors (Lipinski definition) is 1. The molecule has 2 aromatic rings. The molecule has 0 bridgehead atoms. The molecule has 0 radical (unpaired) electrons. The van der Waals surface area contributed by atoms with E-state index in [0.29, 0.717) is 18.4 Å². The lowest BCUT2D eigenvalue weighted by Crippen LogP contribution is -2.18. The third-order valence-corrected chi connectivity index (χ3v) is 3.31. The third-order valence-electron chi connectivity index (χ3n) is 3.31. The van der Waals surface area contributed by atoms with Crippen molar-refractivity contribution >= 4 is 5.97 Å². The van der Waals surface area contributed by atoms with E-state index in [-0.39, 0.29) is 12.2 Å². The van der Waals surface area contributed by atoms with Crippen LogP contribution in [0.15, 0.2) is 36.7 Å². The zero-order chi connectivity index (χ0) is 14.5. The van der Waals surface area contributed by atoms with Crippen molar-refractivity contribution in [3.05, 3.63) is 53.6 Å². The summed E-state index contributed by atoms with van der Waals surface area (Å²) in [5.41, 5.74) is 1.44. The van der Waals surface area contributed by atoms with E-state index in [2.05, 4.69) is 5.10 Å². The van der Waals surface area contributed by atoms with Crippen molar-refractivity contribution in [3.63, 3.8) is 0 Å². The first-order chi connectivity index (χ1) is 9.56. The summed E-state index contributed by atoms with van der Waals surface area (Å²) in [5.74, 6) is -1.83. The first-order valence-corrected chi connectivity index (χ1v) is 6.50. The average molecular weight is 276 g/mol. The Morgan fingerprint density at radius 2 is 2.20 bits per heavy atom. The van der Waals surface area contributed by atoms with E-state index >= 15 is 0 Å². The van der Waals surface area contributed by atoms with Crippen LogP contribution in [0.1, 0.15) is 17.5 Å². The third kappa shape index (κ3) is 3.66. The maximum atomic E-state index is 13.6. The quantitative estimate of drug-likeness (QED) is 0.881. The first kappa shape index (κ1) is 14.2. The first-order valence-electron chi connectivity index (χ1n) is 6.50. The number of aromatic nitrogens is 2. The van der Waals surface area contributed by atoms with Gasteiger partial charge in [-0.1, -0.05) is 18.2 Å². The second-order valence-corrected chi connectivity index (χ2v) is 4.89. The predicted octanol–water partition coefficient (Wildman–Crippen LogP) is 2.44. The standard InChI is InChI=1S/C15H17FN2O2/c1-18-10-11(9-17-18)6-7-13(15(19)20)8-12-4-2-3-5-14(12)16/h2-5,9-10,13H,6-8H2,1H3,(H,19,20). The zero-order valence-corrected chi connectivity index (χ0v) is 11.3. The molecule has 20 heavy (non-hydrogen) atoms. The average Bonchev–Trinajstić information content (AvgIpc) is 2.82. The van der Waals surface area contributed by atoms with E-state index in [1.165, 1.54) is 6.07 Å². The second kappa shape index (κ2) is 6.32. The molecule has 1 aromatic carbocycles. The lowest BCUT2D eigenvalue weighted by molar-refractivity contribution is -0.141. The number of benzene rings is 1. The topological polar surface area (TPSA) is 55.1 Å². The van der Waals surface area contributed by atoms with Crippen LogP contribution in [-0.2, 0) is 24.7 Å². The maximum absolute atomic E-state index is 13.6. The summed E-state index contributed by atoms with van der Waals surface area (Å²) < 4.78 is 15.3. The smallest absolute Gasteiger partial charge is 0.306 e. The van der Waals surface area contributed by atoms with Gasteiger partial charge in [0.15, 0.2) is 0 Å². The van der Waals surface area contributed by atoms with Crippen molar-refractivity contribution in [3.8, 4) is 0 Å². The number of aliphatic carboxylic acids is 1. The highest BCUT2D eigenvalue weighted by Gasteiger charge is 2.19. The lowest BCUT2D eigenvalue weighted by Gasteiger charge is -2.12. The lowest BCUT2D eigenvalue weighted by atomic mass is 9.93. The number of carbonyl (C=O) groups is 1. The van der Waals surface area contributed by atoms with Crippen molar-refractivity contribution in [1.29, 1.82) is 0 Å². The van der Waals surface area contributed by atoms with Crippen LogP contribution in [0, 0.1) is 11.7 Å². The van der Waals surface area contributed by atoms with Gasteiger partial charge in [0.05, 0.1) is 12.1 Å². The Labute approximate surface area is 116 Å². The van der Waals surface area contributed by atoms with Crippen LogP contribution in [0.2, 0.25) is 0 Å². The molecule has 4 nitrogen and oxygen atoms in total. The molecule has 0 saturated heterocycles. The van der Waals surface area contributed by atoms with Crippen LogP contribution in [0.3, 0.4) is 0 Å². The Balaban J connectivity index is 2.01. The van der Waals surface area contributed by atoms with Gasteiger partial charge in [-0.2, -0.15) is 5.10 Å². The van der Waals surface area contributed by atoms with E-state index in [9.17, 15) is 14.3 Å². The Bertz CT molecular complexity index is 595. The summed E-state index contributed by atoms with van der Waals surface area (Å²) in [6, 6.07) is 6.31. The van der Waals surface area contributed by atoms with Crippen LogP contribution in [0.25, 0.3) is 0 Å². The summed E-state index contributed by atoms with van der Waals surface area (Å²) in [4.78, 5) is 11.3. The molecule has 1 heterocycles. The molecule has 0 aliphatic carbocycles. The molecular formula is C15H17FN2O2. The van der Waals surface area contributed by atoms with Gasteiger partial charge in [-0.3, -0.25) is 9.48 Å². The second-order valence-electron chi connectivity index (χ2n) is 4.89. The SMILES string of the molecule is Cn1cc(CCC(Cc2ccccc2F)C(=O)O)cn1. The van der Waals surface area contributed by atoms with Crippen molar-refractivity contribution in [2.24, 2.45) is 13.0 Å². The molecule has 1 unspecified atom stereocenters. The van der Waals surface area contributed by atoms with Crippen LogP contribution >= 0.6 is 0 Å². The Morgan fingerprint density at radius 3 is 2.80 bits per heavy atom. The number of carboxylic acids is 1. The number of halogens is 1. The highest BCUT2D eigenvalue weighted by atomic mass is 19.1. The summed E-state index contributed by atoms with van der Waals surface area (Å²) in [6.07, 6.45) is 4.89. The highest BCUT2D eigenvalue weighted by molar-refractivity contribution is 5.70. The summed E-state index contributed by atoms with van der Waals surface area (Å²) in [5, 5.41) is 13.3. The molecule has 1 aromatic heterocycles. The number of carboxylic acid groups (broad SMARTS) is 1. The zero-order valence-electron chi connectivity index (χ0n) is 11.3. The van der Waals surface area contributed by atoms with Gasteiger partial charge < -0.3 is 5.11 Å². The van der Waals surface area contributed by atoms with Crippen LogP contribution in [0.4, 0.5) is 4.39 Å². The molecule has 0 fully saturated rings. The number of nitrogens with zero attached hydrogens (tertiary/aromatic N) is 2. The maximum Gasteiger partial charge on any atom is 0.306 e. The fourth-order valence-electron chi connectivity index (χ4n) is 2.18. The molecule has 0 aliphatic rings. The van der Waals surface area contributed by atoms with Crippen molar-refractivity contribution < 1.29 is 14.3 Å². The summed E-state index contributed by atoms with van der Waals surface area (Å²) >= 11 is 0. The fraction of sp³-hybridized carbons (Fsp3) is 0.333. The molecule has 1 N–H and O–H groups in total. The molecule has 0 spiro atoms. The largest absolute Gasteiger partial charge is 0.481 e. The van der Waals surface area contributed by atoms with Gasteiger partial charge in [0, 0.05) is 13.2 Å². The number of aryl methyl sites for hydroxylation is 2. The highest BCUT2D eigenvalue weighted by Crippen LogP contribution is 2.18. The molecule has 0 amide bonds. The molecule has 106 valence electrons. The van der Waals surface area contributed by atoms with Crippen LogP contribution < -0.4 is 0 Å². The Morgan fingerprint density at radius 1 is 1.45 bits per heavy atom. The molecule has 5 heteroatoms. The van der Waals surface area contributed by atoms with Crippen molar-refractivity contribution in [2.75, 3.05) is 0 Å². The van der Waals surface area contributed by atoms with Gasteiger partial charge in [0.2, 0.25) is 0 Å². The Kier molecular flexibility index (Phi) is 4.50. The van der Waals surface area contributed by atoms with E-state index in [1.807, 2.05) is 13.2 Å². The van der Waals surface area contributed by atoms with Gasteiger partial charge in [-0.15, -0.1) is 0 Å². The van der Waals surface area contributed by atoms with E-state index in [1.54, 1.807) is 29.1 Å². The monoisotopic (exact) mass is 276 g/mol. The van der Waals surface area contributed by atoms with E-state index in [0.717, 1.165) is 5.56 Å². The van der Waals surface area contributed by atoms with E-state index < -0.39 is 11.9 Å². The fourth-order valence-corrected chi connectivity index (χ4v) is 2.18. The molecule has 2 rings (SSSR count). The van der Waals surface area contributed by atoms with Crippen molar-refractivity contribution in [2.45, 2.75) is 19.3 Å². The van der Waals surface area contributed by atoms with E-state index in [4.69, 9.17) is 0 Å². The summed E-state index contributed by atoms with van der Waals surface area (Å²) in [6.45, 7) is 0. The van der Waals surface area contributed by atoms with Gasteiger partial charge in [-0.25, -0.2) is 4.39 Å². The minimum absolute atomic E-state index is 0.211. The number of hydrogen-bond acceptors (Lipinski definition) is 2.